The van der Waals surface area contributed by atoms with Crippen LogP contribution in [0.25, 0.3) is 0 Å². The van der Waals surface area contributed by atoms with Crippen LogP contribution in [0, 0.1) is 0 Å². The largest absolute Gasteiger partial charge is 0.492 e. The predicted octanol–water partition coefficient (Wildman–Crippen LogP) is 6.40. The SMILES string of the molecule is C=C1C2=CC=CCC=C2N=C(C(C)Br)N1c1ccccc1OCC.CC. The van der Waals surface area contributed by atoms with Crippen molar-refractivity contribution in [2.24, 2.45) is 4.99 Å². The van der Waals surface area contributed by atoms with Crippen molar-refractivity contribution < 1.29 is 4.74 Å². The maximum absolute atomic E-state index is 5.83. The van der Waals surface area contributed by atoms with E-state index in [0.717, 1.165) is 40.7 Å². The maximum atomic E-state index is 5.83. The third-order valence-corrected chi connectivity index (χ3v) is 4.34. The third kappa shape index (κ3) is 4.18. The smallest absolute Gasteiger partial charge is 0.143 e. The number of anilines is 1. The van der Waals surface area contributed by atoms with Crippen molar-refractivity contribution in [1.82, 2.24) is 0 Å². The van der Waals surface area contributed by atoms with Gasteiger partial charge in [-0.05, 0) is 32.4 Å². The highest BCUT2D eigenvalue weighted by atomic mass is 79.9. The number of rotatable bonds is 4. The Morgan fingerprint density at radius 3 is 2.73 bits per heavy atom. The molecule has 0 aromatic heterocycles. The molecule has 1 aromatic carbocycles. The average molecular weight is 415 g/mol. The summed E-state index contributed by atoms with van der Waals surface area (Å²) in [5, 5.41) is 0. The number of alkyl halides is 1. The standard InChI is InChI=1S/C20H21BrN2O.C2H6/c1-4-24-19-13-9-8-12-18(19)23-15(3)16-10-6-5-7-11-17(16)22-20(23)14(2)21;1-2/h5-6,8-14H,3-4,7H2,1-2H3;1-2H3. The van der Waals surface area contributed by atoms with Gasteiger partial charge in [-0.3, -0.25) is 4.90 Å². The van der Waals surface area contributed by atoms with Crippen LogP contribution in [0.3, 0.4) is 0 Å². The van der Waals surface area contributed by atoms with Crippen molar-refractivity contribution >= 4 is 27.5 Å². The van der Waals surface area contributed by atoms with Crippen molar-refractivity contribution in [1.29, 1.82) is 0 Å². The van der Waals surface area contributed by atoms with Gasteiger partial charge in [0.2, 0.25) is 0 Å². The van der Waals surface area contributed by atoms with E-state index in [4.69, 9.17) is 9.73 Å². The van der Waals surface area contributed by atoms with Crippen LogP contribution in [0.4, 0.5) is 5.69 Å². The van der Waals surface area contributed by atoms with E-state index < -0.39 is 0 Å². The molecule has 0 spiro atoms. The Morgan fingerprint density at radius 2 is 2.04 bits per heavy atom. The molecule has 0 saturated carbocycles. The van der Waals surface area contributed by atoms with Gasteiger partial charge in [-0.25, -0.2) is 4.99 Å². The summed E-state index contributed by atoms with van der Waals surface area (Å²) in [6.45, 7) is 13.0. The monoisotopic (exact) mass is 414 g/mol. The molecule has 2 aliphatic rings. The summed E-state index contributed by atoms with van der Waals surface area (Å²) in [5.41, 5.74) is 3.90. The fraction of sp³-hybridized carbons (Fsp3) is 0.318. The molecule has 3 rings (SSSR count). The maximum Gasteiger partial charge on any atom is 0.143 e. The summed E-state index contributed by atoms with van der Waals surface area (Å²) in [7, 11) is 0. The molecule has 0 N–H and O–H groups in total. The Morgan fingerprint density at radius 1 is 1.31 bits per heavy atom. The van der Waals surface area contributed by atoms with E-state index in [1.165, 1.54) is 0 Å². The van der Waals surface area contributed by atoms with Crippen LogP contribution in [0.1, 0.15) is 34.1 Å². The number of fused-ring (bicyclic) bond motifs is 1. The number of ether oxygens (including phenoxy) is 1. The molecule has 1 aromatic rings. The number of hydrogen-bond donors (Lipinski definition) is 0. The summed E-state index contributed by atoms with van der Waals surface area (Å²) in [6.07, 6.45) is 9.29. The van der Waals surface area contributed by atoms with Crippen LogP contribution < -0.4 is 9.64 Å². The fourth-order valence-corrected chi connectivity index (χ4v) is 3.16. The van der Waals surface area contributed by atoms with Gasteiger partial charge in [-0.15, -0.1) is 0 Å². The predicted molar refractivity (Wildman–Crippen MR) is 116 cm³/mol. The molecule has 0 saturated heterocycles. The zero-order valence-corrected chi connectivity index (χ0v) is 17.6. The highest BCUT2D eigenvalue weighted by Crippen LogP contribution is 2.39. The Hall–Kier alpha value is -2.07. The molecule has 1 atom stereocenters. The molecule has 0 fully saturated rings. The fourth-order valence-electron chi connectivity index (χ4n) is 2.85. The zero-order valence-electron chi connectivity index (χ0n) is 16.0. The second kappa shape index (κ2) is 9.58. The molecule has 26 heavy (non-hydrogen) atoms. The van der Waals surface area contributed by atoms with Crippen molar-refractivity contribution in [3.63, 3.8) is 0 Å². The van der Waals surface area contributed by atoms with Crippen LogP contribution in [0.15, 0.2) is 77.1 Å². The second-order valence-electron chi connectivity index (χ2n) is 5.60. The van der Waals surface area contributed by atoms with Gasteiger partial charge in [0.15, 0.2) is 0 Å². The number of benzene rings is 1. The van der Waals surface area contributed by atoms with Crippen LogP contribution in [0.2, 0.25) is 0 Å². The Bertz CT molecular complexity index is 772. The van der Waals surface area contributed by atoms with E-state index in [1.807, 2.05) is 45.0 Å². The lowest BCUT2D eigenvalue weighted by Crippen LogP contribution is -2.38. The summed E-state index contributed by atoms with van der Waals surface area (Å²) in [5.74, 6) is 1.75. The molecule has 4 heteroatoms. The minimum Gasteiger partial charge on any atom is -0.492 e. The molecular formula is C22H27BrN2O. The number of halogens is 1. The Kier molecular flexibility index (Phi) is 7.46. The zero-order chi connectivity index (χ0) is 19.1. The first kappa shape index (κ1) is 20.2. The van der Waals surface area contributed by atoms with E-state index in [0.29, 0.717) is 6.61 Å². The van der Waals surface area contributed by atoms with Crippen LogP contribution in [-0.2, 0) is 0 Å². The molecule has 0 amide bonds. The number of para-hydroxylation sites is 2. The van der Waals surface area contributed by atoms with E-state index in [2.05, 4.69) is 58.6 Å². The lowest BCUT2D eigenvalue weighted by Gasteiger charge is -2.35. The van der Waals surface area contributed by atoms with E-state index in [-0.39, 0.29) is 4.83 Å². The van der Waals surface area contributed by atoms with Crippen LogP contribution in [-0.4, -0.2) is 17.3 Å². The average Bonchev–Trinajstić information content (AvgIpc) is 2.90. The number of allylic oxidation sites excluding steroid dienone is 4. The van der Waals surface area contributed by atoms with Crippen molar-refractivity contribution in [2.75, 3.05) is 11.5 Å². The first-order valence-corrected chi connectivity index (χ1v) is 10.1. The summed E-state index contributed by atoms with van der Waals surface area (Å²) >= 11 is 3.68. The topological polar surface area (TPSA) is 24.8 Å². The van der Waals surface area contributed by atoms with Gasteiger partial charge in [0.1, 0.15) is 11.6 Å². The summed E-state index contributed by atoms with van der Waals surface area (Å²) in [6, 6.07) is 8.02. The minimum atomic E-state index is 0.0857. The molecule has 138 valence electrons. The molecule has 0 bridgehead atoms. The molecule has 0 radical (unpaired) electrons. The van der Waals surface area contributed by atoms with Gasteiger partial charge in [-0.1, -0.05) is 72.8 Å². The van der Waals surface area contributed by atoms with Crippen molar-refractivity contribution in [2.45, 2.75) is 38.9 Å². The molecule has 1 unspecified atom stereocenters. The molecule has 1 aliphatic carbocycles. The van der Waals surface area contributed by atoms with Gasteiger partial charge in [-0.2, -0.15) is 0 Å². The highest BCUT2D eigenvalue weighted by Gasteiger charge is 2.30. The summed E-state index contributed by atoms with van der Waals surface area (Å²) < 4.78 is 5.83. The Labute approximate surface area is 165 Å². The number of nitrogens with zero attached hydrogens (tertiary/aromatic N) is 2. The van der Waals surface area contributed by atoms with Gasteiger partial charge in [0.05, 0.1) is 22.8 Å². The number of aliphatic imine (C=N–C) groups is 1. The third-order valence-electron chi connectivity index (χ3n) is 3.93. The normalized spacial score (nSPS) is 17.0. The lowest BCUT2D eigenvalue weighted by molar-refractivity contribution is 0.341. The molecule has 1 aliphatic heterocycles. The van der Waals surface area contributed by atoms with Gasteiger partial charge in [0.25, 0.3) is 0 Å². The first-order valence-electron chi connectivity index (χ1n) is 9.14. The first-order chi connectivity index (χ1) is 12.6. The van der Waals surface area contributed by atoms with Crippen molar-refractivity contribution in [3.05, 3.63) is 72.1 Å². The Balaban J connectivity index is 0.00000117. The van der Waals surface area contributed by atoms with Crippen LogP contribution in [0.5, 0.6) is 5.75 Å². The van der Waals surface area contributed by atoms with E-state index in [9.17, 15) is 0 Å². The van der Waals surface area contributed by atoms with Gasteiger partial charge < -0.3 is 4.74 Å². The number of amidine groups is 1. The second-order valence-corrected chi connectivity index (χ2v) is 6.98. The lowest BCUT2D eigenvalue weighted by atomic mass is 10.0. The number of hydrogen-bond acceptors (Lipinski definition) is 3. The van der Waals surface area contributed by atoms with E-state index >= 15 is 0 Å². The van der Waals surface area contributed by atoms with Gasteiger partial charge >= 0.3 is 0 Å². The quantitative estimate of drug-likeness (QED) is 0.532. The molecule has 3 nitrogen and oxygen atoms in total. The van der Waals surface area contributed by atoms with E-state index in [1.54, 1.807) is 0 Å². The highest BCUT2D eigenvalue weighted by molar-refractivity contribution is 9.10. The van der Waals surface area contributed by atoms with Gasteiger partial charge in [0, 0.05) is 11.3 Å². The minimum absolute atomic E-state index is 0.0857. The van der Waals surface area contributed by atoms with Crippen molar-refractivity contribution in [3.8, 4) is 5.75 Å². The molecular weight excluding hydrogens is 388 g/mol. The van der Waals surface area contributed by atoms with Crippen LogP contribution >= 0.6 is 15.9 Å². The molecule has 1 heterocycles. The summed E-state index contributed by atoms with van der Waals surface area (Å²) in [4.78, 5) is 7.08.